The van der Waals surface area contributed by atoms with Crippen molar-refractivity contribution in [3.8, 4) is 0 Å². The number of fused-ring (bicyclic) bond motifs is 2. The van der Waals surface area contributed by atoms with E-state index in [-0.39, 0.29) is 5.54 Å². The van der Waals surface area contributed by atoms with Gasteiger partial charge in [-0.1, -0.05) is 0 Å². The molecule has 2 bridgehead atoms. The fourth-order valence-corrected chi connectivity index (χ4v) is 2.57. The second-order valence-corrected chi connectivity index (χ2v) is 5.34. The third-order valence-electron chi connectivity index (χ3n) is 2.98. The Balaban J connectivity index is 1.91. The Bertz CT molecular complexity index is 171. The van der Waals surface area contributed by atoms with Crippen LogP contribution in [0.1, 0.15) is 33.6 Å². The molecule has 0 radical (unpaired) electrons. The summed E-state index contributed by atoms with van der Waals surface area (Å²) >= 11 is 0. The fraction of sp³-hybridized carbons (Fsp3) is 1.00. The van der Waals surface area contributed by atoms with Gasteiger partial charge in [-0.3, -0.25) is 0 Å². The quantitative estimate of drug-likeness (QED) is 0.613. The maximum Gasteiger partial charge on any atom is 0.0128 e. The first-order valence-electron chi connectivity index (χ1n) is 5.06. The fourth-order valence-electron chi connectivity index (χ4n) is 2.57. The summed E-state index contributed by atoms with van der Waals surface area (Å²) in [7, 11) is 0. The average molecular weight is 168 g/mol. The van der Waals surface area contributed by atoms with Gasteiger partial charge in [0.25, 0.3) is 0 Å². The second kappa shape index (κ2) is 2.71. The van der Waals surface area contributed by atoms with E-state index in [0.29, 0.717) is 0 Å². The van der Waals surface area contributed by atoms with Crippen LogP contribution < -0.4 is 10.6 Å². The minimum Gasteiger partial charge on any atom is -0.314 e. The van der Waals surface area contributed by atoms with Gasteiger partial charge >= 0.3 is 0 Å². The van der Waals surface area contributed by atoms with Crippen LogP contribution in [0.4, 0.5) is 0 Å². The summed E-state index contributed by atoms with van der Waals surface area (Å²) in [6.45, 7) is 8.00. The summed E-state index contributed by atoms with van der Waals surface area (Å²) in [6.07, 6.45) is 2.73. The SMILES string of the molecule is CC(C)(C)NC1CC2CC1CN2. The minimum absolute atomic E-state index is 0.287. The molecule has 0 spiro atoms. The first kappa shape index (κ1) is 8.52. The second-order valence-electron chi connectivity index (χ2n) is 5.34. The molecule has 2 nitrogen and oxygen atoms in total. The highest BCUT2D eigenvalue weighted by molar-refractivity contribution is 5.00. The van der Waals surface area contributed by atoms with Crippen molar-refractivity contribution in [1.29, 1.82) is 0 Å². The molecule has 0 aromatic carbocycles. The molecular formula is C10H20N2. The van der Waals surface area contributed by atoms with Gasteiger partial charge in [0.15, 0.2) is 0 Å². The molecule has 1 saturated heterocycles. The molecular weight excluding hydrogens is 148 g/mol. The van der Waals surface area contributed by atoms with Gasteiger partial charge in [-0.15, -0.1) is 0 Å². The van der Waals surface area contributed by atoms with E-state index in [1.54, 1.807) is 0 Å². The molecule has 0 aromatic rings. The average Bonchev–Trinajstić information content (AvgIpc) is 2.42. The molecule has 2 heteroatoms. The zero-order chi connectivity index (χ0) is 8.77. The van der Waals surface area contributed by atoms with E-state index in [1.807, 2.05) is 0 Å². The molecule has 1 heterocycles. The molecule has 70 valence electrons. The highest BCUT2D eigenvalue weighted by Gasteiger charge is 2.40. The van der Waals surface area contributed by atoms with Crippen LogP contribution in [0.15, 0.2) is 0 Å². The molecule has 2 aliphatic rings. The highest BCUT2D eigenvalue weighted by Crippen LogP contribution is 2.32. The third-order valence-corrected chi connectivity index (χ3v) is 2.98. The van der Waals surface area contributed by atoms with Crippen molar-refractivity contribution < 1.29 is 0 Å². The maximum atomic E-state index is 3.71. The van der Waals surface area contributed by atoms with Crippen LogP contribution in [-0.2, 0) is 0 Å². The van der Waals surface area contributed by atoms with Crippen LogP contribution in [0.5, 0.6) is 0 Å². The predicted octanol–water partition coefficient (Wildman–Crippen LogP) is 1.12. The van der Waals surface area contributed by atoms with E-state index in [9.17, 15) is 0 Å². The molecule has 1 aliphatic heterocycles. The summed E-state index contributed by atoms with van der Waals surface area (Å²) < 4.78 is 0. The van der Waals surface area contributed by atoms with Crippen molar-refractivity contribution in [3.63, 3.8) is 0 Å². The third kappa shape index (κ3) is 1.64. The lowest BCUT2D eigenvalue weighted by molar-refractivity contribution is 0.289. The molecule has 3 unspecified atom stereocenters. The molecule has 0 amide bonds. The minimum atomic E-state index is 0.287. The van der Waals surface area contributed by atoms with Crippen molar-refractivity contribution in [1.82, 2.24) is 10.6 Å². The zero-order valence-corrected chi connectivity index (χ0v) is 8.35. The number of nitrogens with one attached hydrogen (secondary N) is 2. The van der Waals surface area contributed by atoms with Gasteiger partial charge in [-0.2, -0.15) is 0 Å². The predicted molar refractivity (Wildman–Crippen MR) is 51.2 cm³/mol. The smallest absolute Gasteiger partial charge is 0.0128 e. The van der Waals surface area contributed by atoms with E-state index in [4.69, 9.17) is 0 Å². The molecule has 3 atom stereocenters. The van der Waals surface area contributed by atoms with Crippen LogP contribution in [0.25, 0.3) is 0 Å². The van der Waals surface area contributed by atoms with E-state index in [1.165, 1.54) is 19.4 Å². The van der Waals surface area contributed by atoms with Crippen molar-refractivity contribution in [2.45, 2.75) is 51.2 Å². The monoisotopic (exact) mass is 168 g/mol. The van der Waals surface area contributed by atoms with Crippen LogP contribution >= 0.6 is 0 Å². The molecule has 2 fully saturated rings. The van der Waals surface area contributed by atoms with Gasteiger partial charge in [-0.05, 0) is 46.1 Å². The molecule has 2 N–H and O–H groups in total. The Kier molecular flexibility index (Phi) is 1.92. The maximum absolute atomic E-state index is 3.71. The van der Waals surface area contributed by atoms with Gasteiger partial charge in [0, 0.05) is 17.6 Å². The van der Waals surface area contributed by atoms with Gasteiger partial charge in [0.1, 0.15) is 0 Å². The number of rotatable bonds is 1. The van der Waals surface area contributed by atoms with Crippen LogP contribution in [0, 0.1) is 5.92 Å². The first-order chi connectivity index (χ1) is 5.54. The molecule has 12 heavy (non-hydrogen) atoms. The van der Waals surface area contributed by atoms with E-state index in [0.717, 1.165) is 18.0 Å². The van der Waals surface area contributed by atoms with Gasteiger partial charge in [0.2, 0.25) is 0 Å². The summed E-state index contributed by atoms with van der Waals surface area (Å²) in [5.74, 6) is 0.897. The van der Waals surface area contributed by atoms with Gasteiger partial charge in [0.05, 0.1) is 0 Å². The summed E-state index contributed by atoms with van der Waals surface area (Å²) in [5, 5.41) is 7.24. The topological polar surface area (TPSA) is 24.1 Å². The largest absolute Gasteiger partial charge is 0.314 e. The Hall–Kier alpha value is -0.0800. The number of hydrogen-bond donors (Lipinski definition) is 2. The van der Waals surface area contributed by atoms with Crippen molar-refractivity contribution in [3.05, 3.63) is 0 Å². The Morgan fingerprint density at radius 2 is 2.00 bits per heavy atom. The van der Waals surface area contributed by atoms with Crippen molar-refractivity contribution in [2.75, 3.05) is 6.54 Å². The van der Waals surface area contributed by atoms with Crippen LogP contribution in [0.2, 0.25) is 0 Å². The number of piperidine rings is 1. The lowest BCUT2D eigenvalue weighted by Crippen LogP contribution is -2.49. The zero-order valence-electron chi connectivity index (χ0n) is 8.35. The molecule has 0 aromatic heterocycles. The van der Waals surface area contributed by atoms with Gasteiger partial charge in [-0.25, -0.2) is 0 Å². The lowest BCUT2D eigenvalue weighted by atomic mass is 9.99. The van der Waals surface area contributed by atoms with Crippen molar-refractivity contribution >= 4 is 0 Å². The highest BCUT2D eigenvalue weighted by atomic mass is 15.1. The Labute approximate surface area is 75.1 Å². The summed E-state index contributed by atoms with van der Waals surface area (Å²) in [5.41, 5.74) is 0.287. The Morgan fingerprint density at radius 3 is 2.42 bits per heavy atom. The first-order valence-corrected chi connectivity index (χ1v) is 5.06. The van der Waals surface area contributed by atoms with Crippen molar-refractivity contribution in [2.24, 2.45) is 5.92 Å². The molecule has 1 aliphatic carbocycles. The Morgan fingerprint density at radius 1 is 1.25 bits per heavy atom. The lowest BCUT2D eigenvalue weighted by Gasteiger charge is -2.31. The van der Waals surface area contributed by atoms with E-state index in [2.05, 4.69) is 31.4 Å². The molecule has 1 saturated carbocycles. The normalized spacial score (nSPS) is 40.8. The summed E-state index contributed by atoms with van der Waals surface area (Å²) in [6, 6.07) is 1.59. The van der Waals surface area contributed by atoms with Gasteiger partial charge < -0.3 is 10.6 Å². The number of hydrogen-bond acceptors (Lipinski definition) is 2. The standard InChI is InChI=1S/C10H20N2/c1-10(2,3)12-9-5-8-4-7(9)6-11-8/h7-9,11-12H,4-6H2,1-3H3. The van der Waals surface area contributed by atoms with E-state index < -0.39 is 0 Å². The summed E-state index contributed by atoms with van der Waals surface area (Å²) in [4.78, 5) is 0. The van der Waals surface area contributed by atoms with E-state index >= 15 is 0 Å². The van der Waals surface area contributed by atoms with Crippen LogP contribution in [-0.4, -0.2) is 24.2 Å². The van der Waals surface area contributed by atoms with Crippen LogP contribution in [0.3, 0.4) is 0 Å². The molecule has 2 rings (SSSR count).